The van der Waals surface area contributed by atoms with Crippen LogP contribution in [0.5, 0.6) is 0 Å². The Bertz CT molecular complexity index is 638. The number of aliphatic hydroxyl groups excluding tert-OH is 1. The van der Waals surface area contributed by atoms with Crippen LogP contribution in [0.15, 0.2) is 24.4 Å². The third-order valence-corrected chi connectivity index (χ3v) is 3.95. The minimum absolute atomic E-state index is 0.243. The molecule has 0 bridgehead atoms. The number of hydrogen-bond donors (Lipinski definition) is 3. The molecule has 0 unspecified atom stereocenters. The minimum atomic E-state index is -0.511. The van der Waals surface area contributed by atoms with Gasteiger partial charge in [-0.25, -0.2) is 4.39 Å². The summed E-state index contributed by atoms with van der Waals surface area (Å²) in [7, 11) is 0. The Morgan fingerprint density at radius 2 is 2.15 bits per heavy atom. The Balaban J connectivity index is 1.85. The number of hydrogen-bond acceptors (Lipinski definition) is 2. The van der Waals surface area contributed by atoms with Gasteiger partial charge in [0.2, 0.25) is 0 Å². The largest absolute Gasteiger partial charge is 0.391 e. The molecule has 1 aliphatic carbocycles. The van der Waals surface area contributed by atoms with E-state index in [0.717, 1.165) is 19.3 Å². The van der Waals surface area contributed by atoms with Crippen LogP contribution in [0.4, 0.5) is 4.39 Å². The summed E-state index contributed by atoms with van der Waals surface area (Å²) < 4.78 is 13.8. The van der Waals surface area contributed by atoms with Crippen LogP contribution >= 0.6 is 0 Å². The average molecular weight is 276 g/mol. The van der Waals surface area contributed by atoms with Crippen molar-refractivity contribution in [3.8, 4) is 0 Å². The van der Waals surface area contributed by atoms with Gasteiger partial charge in [-0.1, -0.05) is 18.9 Å². The predicted molar refractivity (Wildman–Crippen MR) is 74.0 cm³/mol. The fourth-order valence-corrected chi connectivity index (χ4v) is 2.85. The summed E-state index contributed by atoms with van der Waals surface area (Å²) in [4.78, 5) is 15.2. The number of benzene rings is 1. The molecule has 2 aromatic rings. The summed E-state index contributed by atoms with van der Waals surface area (Å²) >= 11 is 0. The van der Waals surface area contributed by atoms with Crippen LogP contribution < -0.4 is 5.32 Å². The van der Waals surface area contributed by atoms with Gasteiger partial charge in [0, 0.05) is 17.1 Å². The Morgan fingerprint density at radius 1 is 1.35 bits per heavy atom. The van der Waals surface area contributed by atoms with E-state index < -0.39 is 11.9 Å². The van der Waals surface area contributed by atoms with E-state index in [-0.39, 0.29) is 17.5 Å². The van der Waals surface area contributed by atoms with Crippen molar-refractivity contribution in [1.29, 1.82) is 0 Å². The molecule has 1 aromatic heterocycles. The van der Waals surface area contributed by atoms with Crippen LogP contribution in [0.2, 0.25) is 0 Å². The first-order valence-corrected chi connectivity index (χ1v) is 6.91. The highest BCUT2D eigenvalue weighted by Gasteiger charge is 2.26. The summed E-state index contributed by atoms with van der Waals surface area (Å²) in [6.07, 6.45) is 4.44. The van der Waals surface area contributed by atoms with E-state index in [1.807, 2.05) is 0 Å². The summed E-state index contributed by atoms with van der Waals surface area (Å²) in [5.41, 5.74) is 0.884. The molecular weight excluding hydrogens is 259 g/mol. The van der Waals surface area contributed by atoms with Crippen LogP contribution in [-0.2, 0) is 0 Å². The number of aromatic nitrogens is 1. The fraction of sp³-hybridized carbons (Fsp3) is 0.400. The number of rotatable bonds is 2. The van der Waals surface area contributed by atoms with Gasteiger partial charge in [0.15, 0.2) is 0 Å². The van der Waals surface area contributed by atoms with Gasteiger partial charge < -0.3 is 15.4 Å². The van der Waals surface area contributed by atoms with Gasteiger partial charge in [-0.3, -0.25) is 4.79 Å². The zero-order valence-electron chi connectivity index (χ0n) is 11.0. The van der Waals surface area contributed by atoms with Crippen LogP contribution in [-0.4, -0.2) is 28.1 Å². The van der Waals surface area contributed by atoms with Gasteiger partial charge in [-0.15, -0.1) is 0 Å². The Labute approximate surface area is 116 Å². The second-order valence-electron chi connectivity index (χ2n) is 5.30. The number of amides is 1. The lowest BCUT2D eigenvalue weighted by Crippen LogP contribution is -2.45. The number of halogens is 1. The maximum absolute atomic E-state index is 13.8. The molecule has 0 saturated heterocycles. The summed E-state index contributed by atoms with van der Waals surface area (Å²) in [5.74, 6) is -0.759. The smallest absolute Gasteiger partial charge is 0.253 e. The molecule has 0 aliphatic heterocycles. The Kier molecular flexibility index (Phi) is 3.44. The molecule has 1 fully saturated rings. The molecule has 20 heavy (non-hydrogen) atoms. The van der Waals surface area contributed by atoms with Gasteiger partial charge in [0.25, 0.3) is 5.91 Å². The molecule has 4 nitrogen and oxygen atoms in total. The predicted octanol–water partition coefficient (Wildman–Crippen LogP) is 2.34. The zero-order chi connectivity index (χ0) is 14.1. The second-order valence-corrected chi connectivity index (χ2v) is 5.30. The number of carbonyl (C=O) groups excluding carboxylic acids is 1. The molecule has 1 aliphatic rings. The van der Waals surface area contributed by atoms with Gasteiger partial charge in [-0.2, -0.15) is 0 Å². The van der Waals surface area contributed by atoms with Gasteiger partial charge in [0.05, 0.1) is 17.7 Å². The summed E-state index contributed by atoms with van der Waals surface area (Å²) in [6, 6.07) is 4.42. The van der Waals surface area contributed by atoms with E-state index in [9.17, 15) is 14.3 Å². The van der Waals surface area contributed by atoms with Crippen molar-refractivity contribution < 1.29 is 14.3 Å². The first-order chi connectivity index (χ1) is 9.66. The molecule has 1 saturated carbocycles. The lowest BCUT2D eigenvalue weighted by atomic mass is 9.92. The number of fused-ring (bicyclic) bond motifs is 1. The number of H-pyrrole nitrogens is 1. The minimum Gasteiger partial charge on any atom is -0.391 e. The molecule has 5 heteroatoms. The van der Waals surface area contributed by atoms with E-state index in [4.69, 9.17) is 0 Å². The Morgan fingerprint density at radius 3 is 2.95 bits per heavy atom. The molecule has 106 valence electrons. The first kappa shape index (κ1) is 13.1. The van der Waals surface area contributed by atoms with E-state index >= 15 is 0 Å². The summed E-state index contributed by atoms with van der Waals surface area (Å²) in [6.45, 7) is 0. The van der Waals surface area contributed by atoms with Crippen molar-refractivity contribution in [3.05, 3.63) is 35.8 Å². The van der Waals surface area contributed by atoms with Crippen molar-refractivity contribution in [2.75, 3.05) is 0 Å². The van der Waals surface area contributed by atoms with Gasteiger partial charge in [0.1, 0.15) is 5.82 Å². The molecule has 0 radical (unpaired) electrons. The van der Waals surface area contributed by atoms with Crippen molar-refractivity contribution in [2.45, 2.75) is 37.8 Å². The molecule has 1 heterocycles. The number of carbonyl (C=O) groups is 1. The molecule has 0 spiro atoms. The third-order valence-electron chi connectivity index (χ3n) is 3.95. The number of aliphatic hydroxyl groups is 1. The second kappa shape index (κ2) is 5.25. The highest BCUT2D eigenvalue weighted by atomic mass is 19.1. The molecule has 1 amide bonds. The van der Waals surface area contributed by atoms with E-state index in [1.54, 1.807) is 12.1 Å². The fourth-order valence-electron chi connectivity index (χ4n) is 2.85. The SMILES string of the molecule is O=C(N[C@H]1CCCC[C@@H]1O)c1c[nH]c2cccc(F)c12. The molecule has 2 atom stereocenters. The molecule has 3 rings (SSSR count). The Hall–Kier alpha value is -1.88. The van der Waals surface area contributed by atoms with E-state index in [1.165, 1.54) is 12.3 Å². The zero-order valence-corrected chi connectivity index (χ0v) is 11.0. The standard InChI is InChI=1S/C15H17FN2O2/c16-10-4-3-6-12-14(10)9(8-17-12)15(20)18-11-5-1-2-7-13(11)19/h3-4,6,8,11,13,17,19H,1-2,5,7H2,(H,18,20)/t11-,13-/m0/s1. The molecular formula is C15H17FN2O2. The quantitative estimate of drug-likeness (QED) is 0.788. The highest BCUT2D eigenvalue weighted by Crippen LogP contribution is 2.23. The third kappa shape index (κ3) is 2.29. The van der Waals surface area contributed by atoms with Crippen LogP contribution in [0.3, 0.4) is 0 Å². The lowest BCUT2D eigenvalue weighted by molar-refractivity contribution is 0.0718. The van der Waals surface area contributed by atoms with Crippen molar-refractivity contribution in [1.82, 2.24) is 10.3 Å². The van der Waals surface area contributed by atoms with Crippen LogP contribution in [0, 0.1) is 5.82 Å². The monoisotopic (exact) mass is 276 g/mol. The number of aromatic amines is 1. The first-order valence-electron chi connectivity index (χ1n) is 6.91. The van der Waals surface area contributed by atoms with E-state index in [0.29, 0.717) is 17.3 Å². The number of nitrogens with one attached hydrogen (secondary N) is 2. The van der Waals surface area contributed by atoms with E-state index in [2.05, 4.69) is 10.3 Å². The van der Waals surface area contributed by atoms with Crippen LogP contribution in [0.1, 0.15) is 36.0 Å². The van der Waals surface area contributed by atoms with Gasteiger partial charge >= 0.3 is 0 Å². The topological polar surface area (TPSA) is 65.1 Å². The normalized spacial score (nSPS) is 22.9. The van der Waals surface area contributed by atoms with Gasteiger partial charge in [-0.05, 0) is 25.0 Å². The maximum Gasteiger partial charge on any atom is 0.253 e. The highest BCUT2D eigenvalue weighted by molar-refractivity contribution is 6.07. The van der Waals surface area contributed by atoms with Crippen molar-refractivity contribution >= 4 is 16.8 Å². The molecule has 1 aromatic carbocycles. The maximum atomic E-state index is 13.8. The average Bonchev–Trinajstić information content (AvgIpc) is 2.87. The van der Waals surface area contributed by atoms with Crippen molar-refractivity contribution in [2.24, 2.45) is 0 Å². The molecule has 3 N–H and O–H groups in total. The summed E-state index contributed by atoms with van der Waals surface area (Å²) in [5, 5.41) is 13.0. The lowest BCUT2D eigenvalue weighted by Gasteiger charge is -2.28. The van der Waals surface area contributed by atoms with Crippen molar-refractivity contribution in [3.63, 3.8) is 0 Å². The van der Waals surface area contributed by atoms with Crippen LogP contribution in [0.25, 0.3) is 10.9 Å².